The number of amides is 3. The molecule has 1 fully saturated rings. The van der Waals surface area contributed by atoms with Crippen LogP contribution in [-0.2, 0) is 30.3 Å². The fourth-order valence-electron chi connectivity index (χ4n) is 6.43. The number of nitrogens with zero attached hydrogens (tertiary/aromatic N) is 3. The predicted octanol–water partition coefficient (Wildman–Crippen LogP) is 5.01. The van der Waals surface area contributed by atoms with E-state index in [1.54, 1.807) is 24.4 Å². The summed E-state index contributed by atoms with van der Waals surface area (Å²) in [5.41, 5.74) is 1.32. The van der Waals surface area contributed by atoms with Crippen molar-refractivity contribution < 1.29 is 28.7 Å². The van der Waals surface area contributed by atoms with E-state index in [1.807, 2.05) is 51.2 Å². The number of likely N-dealkylation sites (N-methyl/N-ethyl adjacent to an activating group) is 2. The van der Waals surface area contributed by atoms with E-state index in [2.05, 4.69) is 34.4 Å². The molecule has 0 unspecified atom stereocenters. The summed E-state index contributed by atoms with van der Waals surface area (Å²) < 4.78 is 10.7. The zero-order valence-corrected chi connectivity index (χ0v) is 31.4. The topological polar surface area (TPSA) is 130 Å². The average molecular weight is 700 g/mol. The van der Waals surface area contributed by atoms with Crippen molar-refractivity contribution in [1.29, 1.82) is 0 Å². The molecule has 1 aromatic carbocycles. The summed E-state index contributed by atoms with van der Waals surface area (Å²) in [6.07, 6.45) is 4.80. The summed E-state index contributed by atoms with van der Waals surface area (Å²) >= 11 is 1.34. The summed E-state index contributed by atoms with van der Waals surface area (Å²) in [6.45, 7) is 9.04. The van der Waals surface area contributed by atoms with Crippen LogP contribution in [0.1, 0.15) is 99.8 Å². The minimum Gasteiger partial charge on any atom is -0.469 e. The lowest BCUT2D eigenvalue weighted by Gasteiger charge is -2.38. The summed E-state index contributed by atoms with van der Waals surface area (Å²) in [5.74, 6) is -0.825. The van der Waals surface area contributed by atoms with Gasteiger partial charge in [0.05, 0.1) is 13.2 Å². The summed E-state index contributed by atoms with van der Waals surface area (Å²) in [4.78, 5) is 61.2. The highest BCUT2D eigenvalue weighted by molar-refractivity contribution is 7.09. The molecule has 0 aliphatic carbocycles. The smallest absolute Gasteiger partial charge is 0.305 e. The molecule has 272 valence electrons. The highest BCUT2D eigenvalue weighted by atomic mass is 32.1. The normalized spacial score (nSPS) is 18.2. The fraction of sp³-hybridized carbons (Fsp3) is 0.649. The lowest BCUT2D eigenvalue weighted by Crippen LogP contribution is -2.58. The molecule has 0 saturated carbocycles. The highest BCUT2D eigenvalue weighted by Crippen LogP contribution is 2.30. The molecule has 2 N–H and O–H groups in total. The molecular weight excluding hydrogens is 643 g/mol. The molecule has 1 aromatic heterocycles. The van der Waals surface area contributed by atoms with Gasteiger partial charge in [-0.15, -0.1) is 11.3 Å². The molecule has 1 saturated heterocycles. The minimum atomic E-state index is -0.641. The standard InChI is InChI=1S/C37H57N5O6S/c1-9-25(4)33(40-35(45)29-17-13-14-20-41(29)5)37(46)42(6)30(24(2)3)22-31(47-7)36-39-28(23-49-36)34(44)38-27(18-19-32(43)48-8)21-26-15-11-10-12-16-26/h10-12,15-16,23-25,27,29-31,33H,9,13-14,17-22H2,1-8H3,(H,38,44)(H,40,45)/t25-,27+,29+,30+,31+,33-/m0/s1. The first-order valence-corrected chi connectivity index (χ1v) is 18.4. The maximum atomic E-state index is 14.1. The van der Waals surface area contributed by atoms with Crippen molar-refractivity contribution in [2.45, 2.75) is 109 Å². The maximum absolute atomic E-state index is 14.1. The van der Waals surface area contributed by atoms with Gasteiger partial charge in [0.1, 0.15) is 22.8 Å². The van der Waals surface area contributed by atoms with E-state index in [1.165, 1.54) is 18.4 Å². The zero-order chi connectivity index (χ0) is 36.1. The number of methoxy groups -OCH3 is 2. The molecule has 2 heterocycles. The third kappa shape index (κ3) is 11.6. The van der Waals surface area contributed by atoms with Gasteiger partial charge in [-0.1, -0.05) is 70.9 Å². The zero-order valence-electron chi connectivity index (χ0n) is 30.6. The third-order valence-corrected chi connectivity index (χ3v) is 10.8. The number of rotatable bonds is 18. The molecule has 1 aliphatic heterocycles. The van der Waals surface area contributed by atoms with E-state index in [9.17, 15) is 19.2 Å². The van der Waals surface area contributed by atoms with E-state index in [4.69, 9.17) is 9.47 Å². The Morgan fingerprint density at radius 3 is 2.41 bits per heavy atom. The third-order valence-electron chi connectivity index (χ3n) is 9.82. The lowest BCUT2D eigenvalue weighted by atomic mass is 9.92. The Bertz CT molecular complexity index is 1350. The summed E-state index contributed by atoms with van der Waals surface area (Å²) in [7, 11) is 6.73. The number of hydrogen-bond acceptors (Lipinski definition) is 9. The molecule has 0 radical (unpaired) electrons. The van der Waals surface area contributed by atoms with Gasteiger partial charge >= 0.3 is 5.97 Å². The van der Waals surface area contributed by atoms with Gasteiger partial charge < -0.3 is 25.0 Å². The van der Waals surface area contributed by atoms with Crippen molar-refractivity contribution in [2.24, 2.45) is 11.8 Å². The summed E-state index contributed by atoms with van der Waals surface area (Å²) in [5, 5.41) is 8.54. The molecule has 6 atom stereocenters. The SMILES string of the molecule is CC[C@H](C)[C@H](NC(=O)[C@H]1CCCCN1C)C(=O)N(C)[C@H](C[C@@H](OC)c1nc(C(=O)N[C@H](CCC(=O)OC)Cc2ccccc2)cs1)C(C)C. The Morgan fingerprint density at radius 2 is 1.80 bits per heavy atom. The van der Waals surface area contributed by atoms with Crippen molar-refractivity contribution >= 4 is 35.0 Å². The second-order valence-electron chi connectivity index (χ2n) is 13.6. The Morgan fingerprint density at radius 1 is 1.08 bits per heavy atom. The molecule has 3 amide bonds. The lowest BCUT2D eigenvalue weighted by molar-refractivity contribution is -0.141. The quantitative estimate of drug-likeness (QED) is 0.208. The van der Waals surface area contributed by atoms with Gasteiger partial charge in [-0.05, 0) is 56.7 Å². The summed E-state index contributed by atoms with van der Waals surface area (Å²) in [6, 6.07) is 8.42. The number of carbonyl (C=O) groups excluding carboxylic acids is 4. The first-order valence-electron chi connectivity index (χ1n) is 17.6. The van der Waals surface area contributed by atoms with E-state index in [-0.39, 0.29) is 65.8 Å². The van der Waals surface area contributed by atoms with Gasteiger partial charge in [-0.3, -0.25) is 24.1 Å². The highest BCUT2D eigenvalue weighted by Gasteiger charge is 2.36. The van der Waals surface area contributed by atoms with Gasteiger partial charge in [0, 0.05) is 44.5 Å². The Hall–Kier alpha value is -3.35. The van der Waals surface area contributed by atoms with Gasteiger partial charge in [-0.25, -0.2) is 4.98 Å². The number of nitrogens with one attached hydrogen (secondary N) is 2. The monoisotopic (exact) mass is 699 g/mol. The largest absolute Gasteiger partial charge is 0.469 e. The number of esters is 1. The van der Waals surface area contributed by atoms with E-state index < -0.39 is 12.1 Å². The molecular formula is C37H57N5O6S. The number of thiazole rings is 1. The van der Waals surface area contributed by atoms with Crippen molar-refractivity contribution in [3.05, 3.63) is 52.0 Å². The predicted molar refractivity (Wildman–Crippen MR) is 192 cm³/mol. The van der Waals surface area contributed by atoms with Gasteiger partial charge in [-0.2, -0.15) is 0 Å². The number of benzene rings is 1. The molecule has 1 aliphatic rings. The Labute approximate surface area is 296 Å². The van der Waals surface area contributed by atoms with Crippen molar-refractivity contribution in [1.82, 2.24) is 25.4 Å². The molecule has 2 aromatic rings. The first-order chi connectivity index (χ1) is 23.4. The number of aromatic nitrogens is 1. The van der Waals surface area contributed by atoms with E-state index in [0.717, 1.165) is 37.8 Å². The molecule has 3 rings (SSSR count). The Balaban J connectivity index is 1.73. The van der Waals surface area contributed by atoms with E-state index in [0.29, 0.717) is 24.3 Å². The second kappa shape index (κ2) is 19.7. The van der Waals surface area contributed by atoms with Gasteiger partial charge in [0.15, 0.2) is 0 Å². The number of piperidine rings is 1. The molecule has 0 bridgehead atoms. The van der Waals surface area contributed by atoms with E-state index >= 15 is 0 Å². The van der Waals surface area contributed by atoms with Crippen LogP contribution < -0.4 is 10.6 Å². The molecule has 11 nitrogen and oxygen atoms in total. The van der Waals surface area contributed by atoms with Crippen LogP contribution in [0.2, 0.25) is 0 Å². The average Bonchev–Trinajstić information content (AvgIpc) is 3.59. The van der Waals surface area contributed by atoms with Crippen LogP contribution in [-0.4, -0.2) is 97.5 Å². The van der Waals surface area contributed by atoms with Crippen molar-refractivity contribution in [3.8, 4) is 0 Å². The van der Waals surface area contributed by atoms with Crippen LogP contribution in [0.25, 0.3) is 0 Å². The molecule has 12 heteroatoms. The first kappa shape index (κ1) is 40.1. The van der Waals surface area contributed by atoms with Crippen LogP contribution >= 0.6 is 11.3 Å². The van der Waals surface area contributed by atoms with Crippen LogP contribution in [0.3, 0.4) is 0 Å². The van der Waals surface area contributed by atoms with Crippen LogP contribution in [0.15, 0.2) is 35.7 Å². The van der Waals surface area contributed by atoms with Crippen LogP contribution in [0, 0.1) is 11.8 Å². The number of hydrogen-bond donors (Lipinski definition) is 2. The molecule has 0 spiro atoms. The Kier molecular flexibility index (Phi) is 16.1. The van der Waals surface area contributed by atoms with Gasteiger partial charge in [0.25, 0.3) is 5.91 Å². The number of carbonyl (C=O) groups is 4. The van der Waals surface area contributed by atoms with Crippen molar-refractivity contribution in [3.63, 3.8) is 0 Å². The second-order valence-corrected chi connectivity index (χ2v) is 14.5. The maximum Gasteiger partial charge on any atom is 0.305 e. The number of ether oxygens (including phenoxy) is 2. The van der Waals surface area contributed by atoms with Gasteiger partial charge in [0.2, 0.25) is 11.8 Å². The van der Waals surface area contributed by atoms with Crippen molar-refractivity contribution in [2.75, 3.05) is 34.9 Å². The fourth-order valence-corrected chi connectivity index (χ4v) is 7.32. The van der Waals surface area contributed by atoms with Crippen LogP contribution in [0.4, 0.5) is 0 Å². The van der Waals surface area contributed by atoms with Crippen LogP contribution in [0.5, 0.6) is 0 Å². The number of likely N-dealkylation sites (tertiary alicyclic amines) is 1. The minimum absolute atomic E-state index is 0.0443. The molecule has 49 heavy (non-hydrogen) atoms.